The first-order valence-electron chi connectivity index (χ1n) is 7.70. The van der Waals surface area contributed by atoms with Crippen LogP contribution < -0.4 is 10.9 Å². The van der Waals surface area contributed by atoms with Crippen molar-refractivity contribution >= 4 is 11.9 Å². The van der Waals surface area contributed by atoms with E-state index in [1.165, 1.54) is 0 Å². The fourth-order valence-corrected chi connectivity index (χ4v) is 2.41. The number of nitrogens with zero attached hydrogens (tertiary/aromatic N) is 4. The highest BCUT2D eigenvalue weighted by Gasteiger charge is 2.16. The summed E-state index contributed by atoms with van der Waals surface area (Å²) in [6.07, 6.45) is 5.48. The summed E-state index contributed by atoms with van der Waals surface area (Å²) in [5.74, 6) is 0.0687. The molecule has 0 saturated carbocycles. The van der Waals surface area contributed by atoms with Crippen LogP contribution in [-0.2, 0) is 13.0 Å². The molecule has 7 nitrogen and oxygen atoms in total. The molecule has 3 rings (SSSR count). The van der Waals surface area contributed by atoms with Gasteiger partial charge in [-0.15, -0.1) is 0 Å². The number of hydrogen-bond donors (Lipinski definition) is 2. The highest BCUT2D eigenvalue weighted by Crippen LogP contribution is 2.12. The fourth-order valence-electron chi connectivity index (χ4n) is 2.41. The summed E-state index contributed by atoms with van der Waals surface area (Å²) in [5.41, 5.74) is 7.85. The highest BCUT2D eigenvalue weighted by atomic mass is 16.2. The summed E-state index contributed by atoms with van der Waals surface area (Å²) in [6, 6.07) is 11.7. The molecule has 2 N–H and O–H groups in total. The first-order valence-corrected chi connectivity index (χ1v) is 7.70. The van der Waals surface area contributed by atoms with Gasteiger partial charge in [-0.2, -0.15) is 5.10 Å². The van der Waals surface area contributed by atoms with Crippen LogP contribution in [0.4, 0.5) is 5.95 Å². The second-order valence-corrected chi connectivity index (χ2v) is 5.15. The fraction of sp³-hybridized carbons (Fsp3) is 0.176. The lowest BCUT2D eigenvalue weighted by Gasteiger charge is -2.09. The van der Waals surface area contributed by atoms with Crippen LogP contribution in [0.5, 0.6) is 0 Å². The average molecular weight is 322 g/mol. The Morgan fingerprint density at radius 1 is 1.12 bits per heavy atom. The van der Waals surface area contributed by atoms with Crippen LogP contribution in [0.15, 0.2) is 55.0 Å². The van der Waals surface area contributed by atoms with Gasteiger partial charge in [0.05, 0.1) is 24.0 Å². The zero-order valence-electron chi connectivity index (χ0n) is 13.3. The van der Waals surface area contributed by atoms with E-state index < -0.39 is 0 Å². The maximum Gasteiger partial charge on any atom is 0.273 e. The van der Waals surface area contributed by atoms with Crippen molar-refractivity contribution in [3.05, 3.63) is 71.8 Å². The van der Waals surface area contributed by atoms with Gasteiger partial charge in [0.1, 0.15) is 0 Å². The molecule has 0 aliphatic carbocycles. The van der Waals surface area contributed by atoms with E-state index >= 15 is 0 Å². The number of rotatable bonds is 6. The van der Waals surface area contributed by atoms with Gasteiger partial charge < -0.3 is 0 Å². The van der Waals surface area contributed by atoms with E-state index in [0.717, 1.165) is 11.3 Å². The molecule has 0 atom stereocenters. The number of aromatic nitrogens is 4. The first-order chi connectivity index (χ1) is 11.8. The minimum absolute atomic E-state index is 0.265. The lowest BCUT2D eigenvalue weighted by molar-refractivity contribution is 0.0961. The van der Waals surface area contributed by atoms with Crippen LogP contribution in [0.25, 0.3) is 0 Å². The summed E-state index contributed by atoms with van der Waals surface area (Å²) in [5, 5.41) is 4.36. The Hall–Kier alpha value is -3.22. The third-order valence-corrected chi connectivity index (χ3v) is 3.56. The maximum atomic E-state index is 12.4. The summed E-state index contributed by atoms with van der Waals surface area (Å²) in [6.45, 7) is 2.63. The van der Waals surface area contributed by atoms with Crippen molar-refractivity contribution in [2.24, 2.45) is 0 Å². The van der Waals surface area contributed by atoms with Crippen LogP contribution in [0.1, 0.15) is 28.5 Å². The number of hydrazine groups is 1. The van der Waals surface area contributed by atoms with Gasteiger partial charge in [0, 0.05) is 12.4 Å². The molecule has 0 aliphatic rings. The van der Waals surface area contributed by atoms with Crippen molar-refractivity contribution in [3.63, 3.8) is 0 Å². The molecule has 0 spiro atoms. The van der Waals surface area contributed by atoms with Gasteiger partial charge in [-0.05, 0) is 18.1 Å². The molecule has 2 heterocycles. The molecule has 0 unspecified atom stereocenters. The number of hydrogen-bond acceptors (Lipinski definition) is 5. The van der Waals surface area contributed by atoms with Gasteiger partial charge in [-0.1, -0.05) is 37.3 Å². The minimum atomic E-state index is -0.265. The molecule has 0 bridgehead atoms. The van der Waals surface area contributed by atoms with Gasteiger partial charge in [-0.3, -0.25) is 20.3 Å². The Bertz CT molecular complexity index is 800. The second kappa shape index (κ2) is 7.36. The second-order valence-electron chi connectivity index (χ2n) is 5.15. The smallest absolute Gasteiger partial charge is 0.267 e. The van der Waals surface area contributed by atoms with Crippen molar-refractivity contribution < 1.29 is 4.79 Å². The lowest BCUT2D eigenvalue weighted by Crippen LogP contribution is -2.30. The van der Waals surface area contributed by atoms with Crippen LogP contribution >= 0.6 is 0 Å². The van der Waals surface area contributed by atoms with Gasteiger partial charge in [-0.25, -0.2) is 9.97 Å². The molecular formula is C17H18N6O. The average Bonchev–Trinajstić information content (AvgIpc) is 3.04. The molecule has 1 aromatic carbocycles. The van der Waals surface area contributed by atoms with Gasteiger partial charge in [0.25, 0.3) is 5.91 Å². The number of nitrogens with one attached hydrogen (secondary N) is 2. The molecule has 2 aromatic heterocycles. The summed E-state index contributed by atoms with van der Waals surface area (Å²) in [4.78, 5) is 20.4. The third kappa shape index (κ3) is 3.57. The largest absolute Gasteiger partial charge is 0.273 e. The van der Waals surface area contributed by atoms with Crippen molar-refractivity contribution in [2.75, 3.05) is 5.43 Å². The Morgan fingerprint density at radius 3 is 2.58 bits per heavy atom. The minimum Gasteiger partial charge on any atom is -0.267 e. The zero-order chi connectivity index (χ0) is 16.8. The first kappa shape index (κ1) is 15.7. The molecule has 24 heavy (non-hydrogen) atoms. The zero-order valence-corrected chi connectivity index (χ0v) is 13.3. The van der Waals surface area contributed by atoms with Crippen LogP contribution in [-0.4, -0.2) is 25.7 Å². The number of anilines is 1. The molecule has 122 valence electrons. The predicted octanol–water partition coefficient (Wildman–Crippen LogP) is 2.04. The summed E-state index contributed by atoms with van der Waals surface area (Å²) in [7, 11) is 0. The van der Waals surface area contributed by atoms with Gasteiger partial charge in [0.2, 0.25) is 5.95 Å². The highest BCUT2D eigenvalue weighted by molar-refractivity contribution is 5.95. The topological polar surface area (TPSA) is 84.7 Å². The van der Waals surface area contributed by atoms with Crippen LogP contribution in [0.2, 0.25) is 0 Å². The standard InChI is InChI=1S/C17H18N6O/c1-2-15-14(16(24)21-22-17-18-9-6-10-19-17)11-20-23(15)12-13-7-4-3-5-8-13/h3-11H,2,12H2,1H3,(H,21,24)(H,18,19,22). The Morgan fingerprint density at radius 2 is 1.88 bits per heavy atom. The number of amides is 1. The van der Waals surface area contributed by atoms with Crippen molar-refractivity contribution in [1.82, 2.24) is 25.2 Å². The molecule has 0 radical (unpaired) electrons. The number of carbonyl (C=O) groups is 1. The van der Waals surface area contributed by atoms with E-state index in [1.54, 1.807) is 24.7 Å². The monoisotopic (exact) mass is 322 g/mol. The molecule has 0 fully saturated rings. The Labute approximate surface area is 139 Å². The Balaban J connectivity index is 1.72. The molecule has 3 aromatic rings. The Kier molecular flexibility index (Phi) is 4.81. The summed E-state index contributed by atoms with van der Waals surface area (Å²) < 4.78 is 1.85. The third-order valence-electron chi connectivity index (χ3n) is 3.56. The normalized spacial score (nSPS) is 10.4. The van der Waals surface area contributed by atoms with Gasteiger partial charge >= 0.3 is 0 Å². The van der Waals surface area contributed by atoms with Crippen LogP contribution in [0.3, 0.4) is 0 Å². The molecule has 0 saturated heterocycles. The lowest BCUT2D eigenvalue weighted by atomic mass is 10.2. The van der Waals surface area contributed by atoms with Crippen molar-refractivity contribution in [2.45, 2.75) is 19.9 Å². The molecule has 0 aliphatic heterocycles. The van der Waals surface area contributed by atoms with Gasteiger partial charge in [0.15, 0.2) is 0 Å². The van der Waals surface area contributed by atoms with Crippen molar-refractivity contribution in [3.8, 4) is 0 Å². The predicted molar refractivity (Wildman–Crippen MR) is 90.3 cm³/mol. The van der Waals surface area contributed by atoms with Crippen LogP contribution in [0, 0.1) is 0 Å². The molecule has 1 amide bonds. The molecule has 7 heteroatoms. The van der Waals surface area contributed by atoms with E-state index in [1.807, 2.05) is 41.9 Å². The molecular weight excluding hydrogens is 304 g/mol. The van der Waals surface area contributed by atoms with E-state index in [0.29, 0.717) is 24.5 Å². The van der Waals surface area contributed by atoms with Crippen molar-refractivity contribution in [1.29, 1.82) is 0 Å². The summed E-state index contributed by atoms with van der Waals surface area (Å²) >= 11 is 0. The van der Waals surface area contributed by atoms with E-state index in [-0.39, 0.29) is 5.91 Å². The van der Waals surface area contributed by atoms with E-state index in [2.05, 4.69) is 25.9 Å². The quantitative estimate of drug-likeness (QED) is 0.678. The number of benzene rings is 1. The SMILES string of the molecule is CCc1c(C(=O)NNc2ncccn2)cnn1Cc1ccccc1. The maximum absolute atomic E-state index is 12.4. The number of carbonyl (C=O) groups excluding carboxylic acids is 1. The van der Waals surface area contributed by atoms with E-state index in [9.17, 15) is 4.79 Å². The van der Waals surface area contributed by atoms with E-state index in [4.69, 9.17) is 0 Å².